The number of hydrogen-bond donors (Lipinski definition) is 0. The molecule has 112 valence electrons. The van der Waals surface area contributed by atoms with Crippen LogP contribution in [0.1, 0.15) is 5.56 Å². The average Bonchev–Trinajstić information content (AvgIpc) is 2.53. The number of ether oxygens (including phenoxy) is 2. The Hall–Kier alpha value is -1.66. The average molecular weight is 354 g/mol. The molecule has 1 unspecified atom stereocenters. The van der Waals surface area contributed by atoms with Crippen LogP contribution in [0.5, 0.6) is 0 Å². The molecule has 1 heterocycles. The lowest BCUT2D eigenvalue weighted by atomic mass is 10.2. The van der Waals surface area contributed by atoms with E-state index in [1.54, 1.807) is 11.0 Å². The summed E-state index contributed by atoms with van der Waals surface area (Å²) in [6, 6.07) is 7.62. The Morgan fingerprint density at radius 2 is 2.19 bits per heavy atom. The number of benzene rings is 1. The highest BCUT2D eigenvalue weighted by atomic mass is 79.9. The summed E-state index contributed by atoms with van der Waals surface area (Å²) in [4.78, 5) is 25.2. The molecule has 2 rings (SSSR count). The molecule has 1 aromatic carbocycles. The quantitative estimate of drug-likeness (QED) is 0.614. The maximum atomic E-state index is 12.2. The largest absolute Gasteiger partial charge is 0.467 e. The van der Waals surface area contributed by atoms with Crippen LogP contribution in [0.15, 0.2) is 34.8 Å². The summed E-state index contributed by atoms with van der Waals surface area (Å²) in [6.45, 7) is 1.01. The molecule has 1 aliphatic heterocycles. The van der Waals surface area contributed by atoms with E-state index < -0.39 is 12.1 Å². The third kappa shape index (κ3) is 4.15. The maximum Gasteiger partial charge on any atom is 0.336 e. The first-order valence-electron chi connectivity index (χ1n) is 6.52. The van der Waals surface area contributed by atoms with Gasteiger partial charge in [0.05, 0.1) is 20.3 Å². The van der Waals surface area contributed by atoms with Crippen molar-refractivity contribution < 1.29 is 19.1 Å². The van der Waals surface area contributed by atoms with Crippen LogP contribution in [0.2, 0.25) is 0 Å². The van der Waals surface area contributed by atoms with Gasteiger partial charge in [0.2, 0.25) is 5.91 Å². The van der Waals surface area contributed by atoms with Gasteiger partial charge in [0.15, 0.2) is 6.10 Å². The normalized spacial score (nSPS) is 18.8. The van der Waals surface area contributed by atoms with Crippen molar-refractivity contribution in [1.82, 2.24) is 4.90 Å². The molecule has 1 atom stereocenters. The number of carbonyl (C=O) groups is 2. The molecule has 1 saturated heterocycles. The van der Waals surface area contributed by atoms with Crippen molar-refractivity contribution in [1.29, 1.82) is 0 Å². The summed E-state index contributed by atoms with van der Waals surface area (Å²) < 4.78 is 10.8. The van der Waals surface area contributed by atoms with E-state index in [9.17, 15) is 9.59 Å². The van der Waals surface area contributed by atoms with Crippen molar-refractivity contribution in [3.63, 3.8) is 0 Å². The zero-order chi connectivity index (χ0) is 15.2. The van der Waals surface area contributed by atoms with E-state index in [1.165, 1.54) is 13.2 Å². The predicted molar refractivity (Wildman–Crippen MR) is 81.5 cm³/mol. The summed E-state index contributed by atoms with van der Waals surface area (Å²) in [5.74, 6) is -0.606. The Bertz CT molecular complexity index is 558. The van der Waals surface area contributed by atoms with Crippen LogP contribution >= 0.6 is 15.9 Å². The maximum absolute atomic E-state index is 12.2. The Labute approximate surface area is 131 Å². The van der Waals surface area contributed by atoms with Crippen LogP contribution in [0, 0.1) is 0 Å². The van der Waals surface area contributed by atoms with E-state index in [0.717, 1.165) is 10.0 Å². The highest BCUT2D eigenvalue weighted by Crippen LogP contribution is 2.17. The minimum atomic E-state index is -0.704. The van der Waals surface area contributed by atoms with E-state index in [-0.39, 0.29) is 12.5 Å². The molecule has 1 fully saturated rings. The lowest BCUT2D eigenvalue weighted by molar-refractivity contribution is -0.161. The SMILES string of the molecule is COC(=O)C1CN(C(=O)/C=C/c2ccccc2Br)CCO1. The fraction of sp³-hybridized carbons (Fsp3) is 0.333. The monoisotopic (exact) mass is 353 g/mol. The van der Waals surface area contributed by atoms with Crippen molar-refractivity contribution in [2.45, 2.75) is 6.10 Å². The Morgan fingerprint density at radius 1 is 1.43 bits per heavy atom. The van der Waals surface area contributed by atoms with Gasteiger partial charge in [-0.3, -0.25) is 4.79 Å². The molecule has 1 amide bonds. The van der Waals surface area contributed by atoms with Crippen molar-refractivity contribution in [3.8, 4) is 0 Å². The van der Waals surface area contributed by atoms with Crippen molar-refractivity contribution in [3.05, 3.63) is 40.4 Å². The predicted octanol–water partition coefficient (Wildman–Crippen LogP) is 1.86. The van der Waals surface area contributed by atoms with Gasteiger partial charge in [0, 0.05) is 17.1 Å². The molecule has 0 aromatic heterocycles. The molecule has 6 heteroatoms. The van der Waals surface area contributed by atoms with Gasteiger partial charge < -0.3 is 14.4 Å². The first-order chi connectivity index (χ1) is 10.1. The summed E-state index contributed by atoms with van der Waals surface area (Å²) in [5.41, 5.74) is 0.920. The van der Waals surface area contributed by atoms with Gasteiger partial charge in [-0.1, -0.05) is 34.1 Å². The molecule has 0 aliphatic carbocycles. The molecule has 0 spiro atoms. The van der Waals surface area contributed by atoms with E-state index in [2.05, 4.69) is 20.7 Å². The zero-order valence-corrected chi connectivity index (χ0v) is 13.2. The first kappa shape index (κ1) is 15.7. The number of carbonyl (C=O) groups excluding carboxylic acids is 2. The number of halogens is 1. The fourth-order valence-electron chi connectivity index (χ4n) is 2.00. The van der Waals surface area contributed by atoms with Crippen molar-refractivity contribution >= 4 is 33.9 Å². The van der Waals surface area contributed by atoms with Crippen LogP contribution in [0.4, 0.5) is 0 Å². The van der Waals surface area contributed by atoms with Gasteiger partial charge in [-0.15, -0.1) is 0 Å². The van der Waals surface area contributed by atoms with Crippen molar-refractivity contribution in [2.24, 2.45) is 0 Å². The fourth-order valence-corrected chi connectivity index (χ4v) is 2.42. The molecule has 21 heavy (non-hydrogen) atoms. The minimum absolute atomic E-state index is 0.150. The lowest BCUT2D eigenvalue weighted by Crippen LogP contribution is -2.48. The van der Waals surface area contributed by atoms with E-state index in [0.29, 0.717) is 13.2 Å². The summed E-state index contributed by atoms with van der Waals surface area (Å²) >= 11 is 3.42. The number of amides is 1. The van der Waals surface area contributed by atoms with Crippen LogP contribution in [-0.2, 0) is 19.1 Å². The van der Waals surface area contributed by atoms with Crippen molar-refractivity contribution in [2.75, 3.05) is 26.8 Å². The lowest BCUT2D eigenvalue weighted by Gasteiger charge is -2.30. The van der Waals surface area contributed by atoms with Crippen LogP contribution in [-0.4, -0.2) is 49.7 Å². The van der Waals surface area contributed by atoms with E-state index in [1.807, 2.05) is 24.3 Å². The minimum Gasteiger partial charge on any atom is -0.467 e. The number of rotatable bonds is 3. The second-order valence-corrected chi connectivity index (χ2v) is 5.38. The van der Waals surface area contributed by atoms with Gasteiger partial charge in [-0.05, 0) is 17.7 Å². The van der Waals surface area contributed by atoms with Gasteiger partial charge >= 0.3 is 5.97 Å². The number of hydrogen-bond acceptors (Lipinski definition) is 4. The number of morpholine rings is 1. The molecular formula is C15H16BrNO4. The summed E-state index contributed by atoms with van der Waals surface area (Å²) in [5, 5.41) is 0. The third-order valence-corrected chi connectivity index (χ3v) is 3.88. The molecule has 0 saturated carbocycles. The molecule has 1 aliphatic rings. The molecular weight excluding hydrogens is 338 g/mol. The Kier molecular flexibility index (Phi) is 5.52. The highest BCUT2D eigenvalue weighted by Gasteiger charge is 2.28. The molecule has 0 radical (unpaired) electrons. The van der Waals surface area contributed by atoms with Crippen LogP contribution in [0.3, 0.4) is 0 Å². The number of methoxy groups -OCH3 is 1. The Balaban J connectivity index is 2.00. The zero-order valence-electron chi connectivity index (χ0n) is 11.6. The Morgan fingerprint density at radius 3 is 2.90 bits per heavy atom. The molecule has 0 bridgehead atoms. The molecule has 0 N–H and O–H groups in total. The van der Waals surface area contributed by atoms with Gasteiger partial charge in [0.1, 0.15) is 0 Å². The molecule has 5 nitrogen and oxygen atoms in total. The smallest absolute Gasteiger partial charge is 0.336 e. The highest BCUT2D eigenvalue weighted by molar-refractivity contribution is 9.10. The third-order valence-electron chi connectivity index (χ3n) is 3.15. The second kappa shape index (κ2) is 7.38. The van der Waals surface area contributed by atoms with E-state index >= 15 is 0 Å². The summed E-state index contributed by atoms with van der Waals surface area (Å²) in [7, 11) is 1.30. The van der Waals surface area contributed by atoms with Crippen LogP contribution in [0.25, 0.3) is 6.08 Å². The topological polar surface area (TPSA) is 55.8 Å². The standard InChI is InChI=1S/C15H16BrNO4/c1-20-15(19)13-10-17(8-9-21-13)14(18)7-6-11-4-2-3-5-12(11)16/h2-7,13H,8-10H2,1H3/b7-6+. The van der Waals surface area contributed by atoms with Gasteiger partial charge in [-0.25, -0.2) is 4.79 Å². The van der Waals surface area contributed by atoms with Gasteiger partial charge in [0.25, 0.3) is 0 Å². The summed E-state index contributed by atoms with van der Waals surface area (Å²) in [6.07, 6.45) is 2.54. The van der Waals surface area contributed by atoms with Crippen LogP contribution < -0.4 is 0 Å². The first-order valence-corrected chi connectivity index (χ1v) is 7.32. The van der Waals surface area contributed by atoms with E-state index in [4.69, 9.17) is 4.74 Å². The molecule has 1 aromatic rings. The van der Waals surface area contributed by atoms with Gasteiger partial charge in [-0.2, -0.15) is 0 Å². The second-order valence-electron chi connectivity index (χ2n) is 4.52. The number of nitrogens with zero attached hydrogens (tertiary/aromatic N) is 1. The number of esters is 1.